The molecule has 4 aromatic carbocycles. The van der Waals surface area contributed by atoms with Gasteiger partial charge in [-0.25, -0.2) is 4.79 Å². The molecule has 0 bridgehead atoms. The average molecular weight is 1320 g/mol. The van der Waals surface area contributed by atoms with Crippen LogP contribution in [-0.2, 0) is 33.3 Å². The lowest BCUT2D eigenvalue weighted by Crippen LogP contribution is -2.64. The molecule has 8 rings (SSSR count). The van der Waals surface area contributed by atoms with E-state index in [1.54, 1.807) is 48.5 Å². The van der Waals surface area contributed by atoms with Crippen LogP contribution in [0.5, 0.6) is 5.75 Å². The van der Waals surface area contributed by atoms with Crippen LogP contribution in [-0.4, -0.2) is 172 Å². The SMILES string of the molecule is CN(C)c1ccc(/N=N/c2ccc(C(=O)NCCCCCCCCCC(=O)OCC3OC(OC4OC(COC(=O)CCCCCCCCCNC(=S)Nc5ccc(-c6c7ccc(=O)cc-7oc7cc(O)ccc67)c(C(=O)O)c5)C(O)C(O)C4O)C(O)C(O)C3O)cc2)cc1. The summed E-state index contributed by atoms with van der Waals surface area (Å²) in [6.45, 7) is 0.0599. The lowest BCUT2D eigenvalue weighted by Gasteiger charge is -2.44. The van der Waals surface area contributed by atoms with Gasteiger partial charge in [0.15, 0.2) is 23.1 Å². The van der Waals surface area contributed by atoms with Gasteiger partial charge in [0, 0.05) is 85.6 Å². The number of amides is 1. The van der Waals surface area contributed by atoms with Crippen LogP contribution in [0.3, 0.4) is 0 Å². The summed E-state index contributed by atoms with van der Waals surface area (Å²) in [6.07, 6.45) is -5.63. The number of unbranched alkanes of at least 4 members (excludes halogenated alkanes) is 12. The number of azo groups is 1. The fourth-order valence-corrected chi connectivity index (χ4v) is 11.2. The highest BCUT2D eigenvalue weighted by molar-refractivity contribution is 7.80. The number of nitrogens with one attached hydrogen (secondary N) is 3. The molecule has 4 aliphatic rings. The zero-order valence-corrected chi connectivity index (χ0v) is 53.4. The number of aliphatic hydroxyl groups excluding tert-OH is 6. The van der Waals surface area contributed by atoms with Crippen LogP contribution < -0.4 is 26.3 Å². The highest BCUT2D eigenvalue weighted by atomic mass is 32.1. The normalized spacial score (nSPS) is 21.2. The van der Waals surface area contributed by atoms with Crippen LogP contribution in [0.15, 0.2) is 123 Å². The highest BCUT2D eigenvalue weighted by Crippen LogP contribution is 2.43. The van der Waals surface area contributed by atoms with Gasteiger partial charge in [0.25, 0.3) is 5.91 Å². The Hall–Kier alpha value is -8.02. The number of carbonyl (C=O) groups is 4. The molecule has 0 spiro atoms. The number of benzene rings is 5. The number of carbonyl (C=O) groups excluding carboxylic acids is 3. The molecule has 0 saturated carbocycles. The number of carboxylic acids is 1. The van der Waals surface area contributed by atoms with Gasteiger partial charge in [-0.05, 0) is 128 Å². The van der Waals surface area contributed by atoms with E-state index in [-0.39, 0.29) is 46.8 Å². The summed E-state index contributed by atoms with van der Waals surface area (Å²) >= 11 is 5.50. The molecular weight excluding hydrogens is 1240 g/mol. The number of phenolic OH excluding ortho intramolecular Hbond substituents is 1. The van der Waals surface area contributed by atoms with E-state index in [1.807, 2.05) is 43.3 Å². The van der Waals surface area contributed by atoms with Gasteiger partial charge in [-0.1, -0.05) is 70.3 Å². The fourth-order valence-electron chi connectivity index (χ4n) is 11.0. The molecule has 11 N–H and O–H groups in total. The van der Waals surface area contributed by atoms with E-state index in [4.69, 9.17) is 40.3 Å². The van der Waals surface area contributed by atoms with Crippen LogP contribution in [0.25, 0.3) is 33.4 Å². The van der Waals surface area contributed by atoms with Gasteiger partial charge < -0.3 is 89.8 Å². The van der Waals surface area contributed by atoms with Gasteiger partial charge in [0.1, 0.15) is 79.1 Å². The van der Waals surface area contributed by atoms with Crippen molar-refractivity contribution in [3.05, 3.63) is 124 Å². The van der Waals surface area contributed by atoms with Crippen LogP contribution in [0.1, 0.15) is 123 Å². The second kappa shape index (κ2) is 35.5. The predicted octanol–water partition coefficient (Wildman–Crippen LogP) is 8.13. The second-order valence-electron chi connectivity index (χ2n) is 23.7. The molecule has 3 aliphatic heterocycles. The van der Waals surface area contributed by atoms with E-state index in [0.717, 1.165) is 88.4 Å². The molecule has 10 unspecified atom stereocenters. The minimum absolute atomic E-state index is 0.0198. The summed E-state index contributed by atoms with van der Waals surface area (Å²) in [7, 11) is 3.93. The molecule has 3 heterocycles. The van der Waals surface area contributed by atoms with Gasteiger partial charge in [0.2, 0.25) is 0 Å². The summed E-state index contributed by atoms with van der Waals surface area (Å²) in [5.41, 5.74) is 4.80. The molecule has 10 atom stereocenters. The van der Waals surface area contributed by atoms with Crippen molar-refractivity contribution in [3.8, 4) is 28.2 Å². The summed E-state index contributed by atoms with van der Waals surface area (Å²) in [4.78, 5) is 64.8. The smallest absolute Gasteiger partial charge is 0.336 e. The molecule has 2 fully saturated rings. The van der Waals surface area contributed by atoms with Crippen molar-refractivity contribution in [2.45, 2.75) is 164 Å². The van der Waals surface area contributed by atoms with E-state index < -0.39 is 92.5 Å². The number of nitrogens with zero attached hydrogens (tertiary/aromatic N) is 3. The van der Waals surface area contributed by atoms with E-state index in [9.17, 15) is 64.8 Å². The number of phenols is 1. The molecule has 25 nitrogen and oxygen atoms in total. The van der Waals surface area contributed by atoms with E-state index >= 15 is 0 Å². The first kappa shape index (κ1) is 71.8. The van der Waals surface area contributed by atoms with Gasteiger partial charge in [-0.15, -0.1) is 0 Å². The molecule has 0 aromatic heterocycles. The Balaban J connectivity index is 0.648. The van der Waals surface area contributed by atoms with Crippen LogP contribution in [0, 0.1) is 0 Å². The van der Waals surface area contributed by atoms with Crippen molar-refractivity contribution in [3.63, 3.8) is 0 Å². The Morgan fingerprint density at radius 3 is 1.63 bits per heavy atom. The minimum Gasteiger partial charge on any atom is -0.508 e. The standard InChI is InChI=1S/C68H84N6O19S/c1-74(2)44-26-23-42(24-27-44)73-72-41-21-19-40(20-22-41)64(85)69-33-15-11-7-3-5-9-13-17-55(77)88-38-53-58(79)60(81)62(83)66(91-53)93-67-63(84)61(82)59(80)54(92-67)39-89-56(78)18-14-10-6-4-8-12-16-34-70-68(94)71-43-25-30-47(50(35-43)65(86)87)57-48-31-28-45(75)36-51(48)90-52-37-46(76)29-32-49(52)57/h19-32,35-37,53-54,58-63,66-67,75,79-84H,3-18,33-34,38-39H2,1-2H3,(H,69,85)(H,86,87)(H2,70,71,94)/b73-72+. The first-order chi connectivity index (χ1) is 45.2. The molecule has 1 aliphatic carbocycles. The lowest BCUT2D eigenvalue weighted by molar-refractivity contribution is -0.376. The maximum Gasteiger partial charge on any atom is 0.336 e. The van der Waals surface area contributed by atoms with Crippen molar-refractivity contribution in [1.82, 2.24) is 10.6 Å². The van der Waals surface area contributed by atoms with Crippen molar-refractivity contribution < 1.29 is 88.1 Å². The third-order valence-electron chi connectivity index (χ3n) is 16.3. The van der Waals surface area contributed by atoms with Crippen LogP contribution in [0.2, 0.25) is 0 Å². The van der Waals surface area contributed by atoms with Crippen LogP contribution >= 0.6 is 12.2 Å². The largest absolute Gasteiger partial charge is 0.508 e. The van der Waals surface area contributed by atoms with Gasteiger partial charge >= 0.3 is 17.9 Å². The maximum atomic E-state index is 12.7. The predicted molar refractivity (Wildman–Crippen MR) is 351 cm³/mol. The quantitative estimate of drug-likeness (QED) is 0.00609. The number of esters is 2. The first-order valence-electron chi connectivity index (χ1n) is 31.8. The number of aromatic carboxylic acids is 1. The fraction of sp³-hybridized carbons (Fsp3) is 0.471. The molecule has 4 aromatic rings. The zero-order chi connectivity index (χ0) is 67.3. The molecule has 506 valence electrons. The third kappa shape index (κ3) is 20.5. The van der Waals surface area contributed by atoms with Crippen molar-refractivity contribution in [2.75, 3.05) is 50.6 Å². The zero-order valence-electron chi connectivity index (χ0n) is 52.5. The molecule has 26 heteroatoms. The van der Waals surface area contributed by atoms with Crippen molar-refractivity contribution >= 4 is 74.9 Å². The third-order valence-corrected chi connectivity index (χ3v) is 16.6. The Kier molecular flexibility index (Phi) is 27.1. The number of aliphatic hydroxyl groups is 6. The number of anilines is 2. The van der Waals surface area contributed by atoms with E-state index in [1.165, 1.54) is 30.3 Å². The minimum atomic E-state index is -1.89. The summed E-state index contributed by atoms with van der Waals surface area (Å²) in [6, 6.07) is 28.2. The second-order valence-corrected chi connectivity index (χ2v) is 24.1. The van der Waals surface area contributed by atoms with Gasteiger partial charge in [-0.3, -0.25) is 19.2 Å². The number of aromatic hydroxyl groups is 1. The topological polar surface area (TPSA) is 371 Å². The summed E-state index contributed by atoms with van der Waals surface area (Å²) in [5, 5.41) is 103. The van der Waals surface area contributed by atoms with Crippen molar-refractivity contribution in [1.29, 1.82) is 0 Å². The number of carboxylic acid groups (broad SMARTS) is 1. The number of thiocarbonyl (C=S) groups is 1. The maximum absolute atomic E-state index is 12.7. The highest BCUT2D eigenvalue weighted by Gasteiger charge is 2.50. The number of fused-ring (bicyclic) bond motifs is 2. The monoisotopic (exact) mass is 1320 g/mol. The van der Waals surface area contributed by atoms with Gasteiger partial charge in [0.05, 0.1) is 16.9 Å². The van der Waals surface area contributed by atoms with E-state index in [0.29, 0.717) is 70.1 Å². The van der Waals surface area contributed by atoms with Crippen molar-refractivity contribution in [2.24, 2.45) is 10.2 Å². The number of ether oxygens (including phenoxy) is 5. The Morgan fingerprint density at radius 1 is 0.574 bits per heavy atom. The molecule has 94 heavy (non-hydrogen) atoms. The number of rotatable bonds is 33. The lowest BCUT2D eigenvalue weighted by atomic mass is 9.90. The summed E-state index contributed by atoms with van der Waals surface area (Å²) in [5.74, 6) is -2.33. The average Bonchev–Trinajstić information content (AvgIpc) is 0.773. The Morgan fingerprint density at radius 2 is 1.09 bits per heavy atom. The molecule has 1 amide bonds. The van der Waals surface area contributed by atoms with Crippen LogP contribution in [0.4, 0.5) is 22.7 Å². The molecule has 0 radical (unpaired) electrons. The molecular formula is C68H84N6O19S. The Bertz CT molecular complexity index is 3540. The first-order valence-corrected chi connectivity index (χ1v) is 32.2. The molecule has 2 saturated heterocycles. The van der Waals surface area contributed by atoms with E-state index in [2.05, 4.69) is 26.2 Å². The van der Waals surface area contributed by atoms with Gasteiger partial charge in [-0.2, -0.15) is 10.2 Å². The Labute approximate surface area is 549 Å². The number of hydrogen-bond donors (Lipinski definition) is 11. The summed E-state index contributed by atoms with van der Waals surface area (Å²) < 4.78 is 33.6. The number of hydrogen-bond acceptors (Lipinski definition) is 22.